The monoisotopic (exact) mass is 322 g/mol. The molecule has 0 aliphatic carbocycles. The molecule has 0 radical (unpaired) electrons. The Kier molecular flexibility index (Phi) is 5.31. The van der Waals surface area contributed by atoms with Gasteiger partial charge < -0.3 is 4.90 Å². The summed E-state index contributed by atoms with van der Waals surface area (Å²) >= 11 is 0. The zero-order valence-electron chi connectivity index (χ0n) is 14.6. The molecule has 0 bridgehead atoms. The summed E-state index contributed by atoms with van der Waals surface area (Å²) < 4.78 is 0. The molecule has 1 saturated heterocycles. The van der Waals surface area contributed by atoms with Crippen LogP contribution >= 0.6 is 0 Å². The Morgan fingerprint density at radius 3 is 1.96 bits per heavy atom. The molecule has 1 unspecified atom stereocenters. The van der Waals surface area contributed by atoms with E-state index in [1.807, 2.05) is 29.2 Å². The van der Waals surface area contributed by atoms with Crippen molar-refractivity contribution in [2.45, 2.75) is 33.0 Å². The number of nitrogens with zero attached hydrogens (tertiary/aromatic N) is 2. The molecule has 2 aromatic rings. The first-order valence-electron chi connectivity index (χ1n) is 8.76. The number of piperazine rings is 1. The van der Waals surface area contributed by atoms with Crippen molar-refractivity contribution in [1.29, 1.82) is 0 Å². The molecule has 0 aromatic heterocycles. The van der Waals surface area contributed by atoms with E-state index < -0.39 is 0 Å². The Hall–Kier alpha value is -2.13. The van der Waals surface area contributed by atoms with Crippen LogP contribution in [0.25, 0.3) is 0 Å². The van der Waals surface area contributed by atoms with Gasteiger partial charge in [-0.3, -0.25) is 9.69 Å². The summed E-state index contributed by atoms with van der Waals surface area (Å²) in [6.45, 7) is 7.57. The second-order valence-electron chi connectivity index (χ2n) is 6.89. The minimum Gasteiger partial charge on any atom is -0.336 e. The third-order valence-corrected chi connectivity index (χ3v) is 4.69. The van der Waals surface area contributed by atoms with E-state index in [2.05, 4.69) is 55.1 Å². The Bertz CT molecular complexity index is 654. The number of carbonyl (C=O) groups excluding carboxylic acids is 1. The molecular weight excluding hydrogens is 296 g/mol. The van der Waals surface area contributed by atoms with Crippen LogP contribution in [0.3, 0.4) is 0 Å². The van der Waals surface area contributed by atoms with Gasteiger partial charge in [-0.15, -0.1) is 0 Å². The normalized spacial score (nSPS) is 19.0. The van der Waals surface area contributed by atoms with Crippen molar-refractivity contribution < 1.29 is 4.79 Å². The highest BCUT2D eigenvalue weighted by Crippen LogP contribution is 2.22. The van der Waals surface area contributed by atoms with E-state index in [-0.39, 0.29) is 11.9 Å². The molecule has 1 heterocycles. The van der Waals surface area contributed by atoms with Gasteiger partial charge in [0.25, 0.3) is 0 Å². The van der Waals surface area contributed by atoms with Gasteiger partial charge in [-0.05, 0) is 17.0 Å². The number of amides is 1. The van der Waals surface area contributed by atoms with E-state index in [9.17, 15) is 4.79 Å². The average Bonchev–Trinajstić information content (AvgIpc) is 2.59. The zero-order valence-corrected chi connectivity index (χ0v) is 14.6. The number of carbonyl (C=O) groups is 1. The summed E-state index contributed by atoms with van der Waals surface area (Å²) in [4.78, 5) is 17.4. The standard InChI is InChI=1S/C21H26N2O/c1-17(2)20-21(24)23(16-19-11-7-4-8-12-19)14-13-22(20)15-18-9-5-3-6-10-18/h3-12,17,20H,13-16H2,1-2H3. The predicted octanol–water partition coefficient (Wildman–Crippen LogP) is 3.56. The lowest BCUT2D eigenvalue weighted by atomic mass is 9.97. The van der Waals surface area contributed by atoms with Gasteiger partial charge in [0.1, 0.15) is 0 Å². The summed E-state index contributed by atoms with van der Waals surface area (Å²) in [6.07, 6.45) is 0. The first-order chi connectivity index (χ1) is 11.6. The fourth-order valence-corrected chi connectivity index (χ4v) is 3.50. The minimum atomic E-state index is -0.0392. The predicted molar refractivity (Wildman–Crippen MR) is 97.3 cm³/mol. The summed E-state index contributed by atoms with van der Waals surface area (Å²) in [5, 5.41) is 0. The highest BCUT2D eigenvalue weighted by molar-refractivity contribution is 5.83. The highest BCUT2D eigenvalue weighted by Gasteiger charge is 2.36. The van der Waals surface area contributed by atoms with Crippen LogP contribution in [-0.2, 0) is 17.9 Å². The van der Waals surface area contributed by atoms with Gasteiger partial charge in [-0.25, -0.2) is 0 Å². The smallest absolute Gasteiger partial charge is 0.240 e. The van der Waals surface area contributed by atoms with Crippen LogP contribution in [0.5, 0.6) is 0 Å². The molecule has 0 saturated carbocycles. The van der Waals surface area contributed by atoms with Gasteiger partial charge in [0.2, 0.25) is 5.91 Å². The van der Waals surface area contributed by atoms with Gasteiger partial charge in [0.15, 0.2) is 0 Å². The second-order valence-corrected chi connectivity index (χ2v) is 6.89. The van der Waals surface area contributed by atoms with Crippen molar-refractivity contribution >= 4 is 5.91 Å². The van der Waals surface area contributed by atoms with E-state index in [1.54, 1.807) is 0 Å². The van der Waals surface area contributed by atoms with Crippen LogP contribution in [0, 0.1) is 5.92 Å². The largest absolute Gasteiger partial charge is 0.336 e. The Balaban J connectivity index is 1.72. The third kappa shape index (κ3) is 3.85. The van der Waals surface area contributed by atoms with Crippen molar-refractivity contribution in [2.24, 2.45) is 5.92 Å². The molecule has 3 nitrogen and oxygen atoms in total. The molecule has 1 fully saturated rings. The topological polar surface area (TPSA) is 23.6 Å². The second kappa shape index (κ2) is 7.63. The van der Waals surface area contributed by atoms with E-state index in [1.165, 1.54) is 11.1 Å². The summed E-state index contributed by atoms with van der Waals surface area (Å²) in [5.41, 5.74) is 2.47. The maximum Gasteiger partial charge on any atom is 0.240 e. The lowest BCUT2D eigenvalue weighted by Gasteiger charge is -2.42. The first kappa shape index (κ1) is 16.7. The summed E-state index contributed by atoms with van der Waals surface area (Å²) in [6, 6.07) is 20.7. The number of hydrogen-bond acceptors (Lipinski definition) is 2. The number of hydrogen-bond donors (Lipinski definition) is 0. The zero-order chi connectivity index (χ0) is 16.9. The third-order valence-electron chi connectivity index (χ3n) is 4.69. The van der Waals surface area contributed by atoms with Crippen LogP contribution < -0.4 is 0 Å². The summed E-state index contributed by atoms with van der Waals surface area (Å²) in [7, 11) is 0. The van der Waals surface area contributed by atoms with E-state index in [0.717, 1.165) is 19.6 Å². The lowest BCUT2D eigenvalue weighted by molar-refractivity contribution is -0.145. The number of benzene rings is 2. The molecule has 0 N–H and O–H groups in total. The van der Waals surface area contributed by atoms with E-state index >= 15 is 0 Å². The van der Waals surface area contributed by atoms with Crippen molar-refractivity contribution in [1.82, 2.24) is 9.80 Å². The fraction of sp³-hybridized carbons (Fsp3) is 0.381. The van der Waals surface area contributed by atoms with Crippen molar-refractivity contribution in [3.05, 3.63) is 71.8 Å². The van der Waals surface area contributed by atoms with Crippen LogP contribution in [0.2, 0.25) is 0 Å². The maximum absolute atomic E-state index is 13.1. The molecule has 2 aromatic carbocycles. The molecule has 3 heteroatoms. The maximum atomic E-state index is 13.1. The molecule has 126 valence electrons. The Morgan fingerprint density at radius 1 is 0.875 bits per heavy atom. The van der Waals surface area contributed by atoms with Gasteiger partial charge in [-0.1, -0.05) is 74.5 Å². The summed E-state index contributed by atoms with van der Waals surface area (Å²) in [5.74, 6) is 0.566. The van der Waals surface area contributed by atoms with Crippen molar-refractivity contribution in [3.8, 4) is 0 Å². The Morgan fingerprint density at radius 2 is 1.42 bits per heavy atom. The quantitative estimate of drug-likeness (QED) is 0.840. The first-order valence-corrected chi connectivity index (χ1v) is 8.76. The molecule has 1 amide bonds. The highest BCUT2D eigenvalue weighted by atomic mass is 16.2. The lowest BCUT2D eigenvalue weighted by Crippen LogP contribution is -2.58. The van der Waals surface area contributed by atoms with Crippen molar-refractivity contribution in [3.63, 3.8) is 0 Å². The van der Waals surface area contributed by atoms with Gasteiger partial charge in [-0.2, -0.15) is 0 Å². The van der Waals surface area contributed by atoms with Crippen LogP contribution in [0.1, 0.15) is 25.0 Å². The molecule has 1 aliphatic heterocycles. The molecule has 0 spiro atoms. The van der Waals surface area contributed by atoms with Crippen LogP contribution in [0.4, 0.5) is 0 Å². The fourth-order valence-electron chi connectivity index (χ4n) is 3.50. The molecule has 3 rings (SSSR count). The van der Waals surface area contributed by atoms with Crippen LogP contribution in [-0.4, -0.2) is 34.8 Å². The van der Waals surface area contributed by atoms with Gasteiger partial charge in [0, 0.05) is 26.2 Å². The SMILES string of the molecule is CC(C)C1C(=O)N(Cc2ccccc2)CCN1Cc1ccccc1. The van der Waals surface area contributed by atoms with E-state index in [0.29, 0.717) is 12.5 Å². The minimum absolute atomic E-state index is 0.0392. The van der Waals surface area contributed by atoms with Gasteiger partial charge in [0.05, 0.1) is 6.04 Å². The number of rotatable bonds is 5. The van der Waals surface area contributed by atoms with Crippen molar-refractivity contribution in [2.75, 3.05) is 13.1 Å². The molecular formula is C21H26N2O. The molecule has 24 heavy (non-hydrogen) atoms. The Labute approximate surface area is 144 Å². The molecule has 1 atom stereocenters. The average molecular weight is 322 g/mol. The van der Waals surface area contributed by atoms with E-state index in [4.69, 9.17) is 0 Å². The van der Waals surface area contributed by atoms with Crippen LogP contribution in [0.15, 0.2) is 60.7 Å². The van der Waals surface area contributed by atoms with Gasteiger partial charge >= 0.3 is 0 Å². The molecule has 1 aliphatic rings.